The number of rotatable bonds is 4. The van der Waals surface area contributed by atoms with Crippen LogP contribution >= 0.6 is 0 Å². The molecule has 7 heteroatoms. The predicted octanol–water partition coefficient (Wildman–Crippen LogP) is 3.52. The Hall–Kier alpha value is -3.35. The highest BCUT2D eigenvalue weighted by molar-refractivity contribution is 6.08. The highest BCUT2D eigenvalue weighted by Gasteiger charge is 2.37. The molecule has 2 amide bonds. The maximum atomic E-state index is 12.9. The summed E-state index contributed by atoms with van der Waals surface area (Å²) in [7, 11) is 1.98. The molecular weight excluding hydrogens is 382 g/mol. The van der Waals surface area contributed by atoms with Crippen molar-refractivity contribution in [3.8, 4) is 0 Å². The van der Waals surface area contributed by atoms with Crippen molar-refractivity contribution in [3.63, 3.8) is 0 Å². The smallest absolute Gasteiger partial charge is 0.338 e. The van der Waals surface area contributed by atoms with Gasteiger partial charge in [0.15, 0.2) is 0 Å². The second-order valence-corrected chi connectivity index (χ2v) is 7.57. The first-order valence-corrected chi connectivity index (χ1v) is 10.3. The Labute approximate surface area is 175 Å². The summed E-state index contributed by atoms with van der Waals surface area (Å²) in [5.74, 6) is -0.627. The summed E-state index contributed by atoms with van der Waals surface area (Å²) in [6.45, 7) is 2.84. The standard InChI is InChI=1S/C23H25N3O4/c1-3-30-23(29)15-7-10-17(11-8-15)24-21(27)16-9-12-18-19(14-16)25(2)20-6-4-5-13-26(20)22(18)28/h7-12,14,20H,3-6,13H2,1-2H3,(H,24,27)/t20-/m1/s1. The Kier molecular flexibility index (Phi) is 5.44. The van der Waals surface area contributed by atoms with Gasteiger partial charge in [0.2, 0.25) is 0 Å². The second-order valence-electron chi connectivity index (χ2n) is 7.57. The molecule has 2 aromatic rings. The molecular formula is C23H25N3O4. The van der Waals surface area contributed by atoms with E-state index < -0.39 is 5.97 Å². The third kappa shape index (κ3) is 3.63. The van der Waals surface area contributed by atoms with Crippen molar-refractivity contribution in [1.82, 2.24) is 4.90 Å². The first-order chi connectivity index (χ1) is 14.5. The number of nitrogens with zero attached hydrogens (tertiary/aromatic N) is 2. The molecule has 7 nitrogen and oxygen atoms in total. The maximum absolute atomic E-state index is 12.9. The van der Waals surface area contributed by atoms with Crippen LogP contribution in [0.5, 0.6) is 0 Å². The minimum absolute atomic E-state index is 0.0364. The fourth-order valence-electron chi connectivity index (χ4n) is 4.12. The number of amides is 2. The fraction of sp³-hybridized carbons (Fsp3) is 0.348. The van der Waals surface area contributed by atoms with Gasteiger partial charge in [0.1, 0.15) is 6.17 Å². The van der Waals surface area contributed by atoms with Gasteiger partial charge < -0.3 is 19.9 Å². The monoisotopic (exact) mass is 407 g/mol. The Morgan fingerprint density at radius 1 is 1.10 bits per heavy atom. The molecule has 1 fully saturated rings. The number of anilines is 2. The molecule has 1 N–H and O–H groups in total. The lowest BCUT2D eigenvalue weighted by Gasteiger charge is -2.46. The summed E-state index contributed by atoms with van der Waals surface area (Å²) in [6.07, 6.45) is 3.11. The van der Waals surface area contributed by atoms with Gasteiger partial charge in [0.05, 0.1) is 23.4 Å². The Morgan fingerprint density at radius 2 is 1.83 bits per heavy atom. The largest absolute Gasteiger partial charge is 0.462 e. The van der Waals surface area contributed by atoms with E-state index in [1.54, 1.807) is 49.4 Å². The maximum Gasteiger partial charge on any atom is 0.338 e. The number of carbonyl (C=O) groups is 3. The van der Waals surface area contributed by atoms with E-state index in [0.29, 0.717) is 29.0 Å². The zero-order valence-electron chi connectivity index (χ0n) is 17.2. The van der Waals surface area contributed by atoms with E-state index in [1.807, 2.05) is 11.9 Å². The number of benzene rings is 2. The third-order valence-electron chi connectivity index (χ3n) is 5.70. The van der Waals surface area contributed by atoms with Crippen LogP contribution in [0.2, 0.25) is 0 Å². The lowest BCUT2D eigenvalue weighted by Crippen LogP contribution is -2.55. The van der Waals surface area contributed by atoms with Crippen LogP contribution < -0.4 is 10.2 Å². The van der Waals surface area contributed by atoms with Gasteiger partial charge in [-0.3, -0.25) is 9.59 Å². The van der Waals surface area contributed by atoms with Crippen molar-refractivity contribution in [3.05, 3.63) is 59.2 Å². The summed E-state index contributed by atoms with van der Waals surface area (Å²) < 4.78 is 4.97. The quantitative estimate of drug-likeness (QED) is 0.785. The van der Waals surface area contributed by atoms with Crippen molar-refractivity contribution in [2.24, 2.45) is 0 Å². The molecule has 156 valence electrons. The van der Waals surface area contributed by atoms with E-state index in [-0.39, 0.29) is 18.0 Å². The molecule has 0 spiro atoms. The average Bonchev–Trinajstić information content (AvgIpc) is 2.77. The van der Waals surface area contributed by atoms with Crippen molar-refractivity contribution >= 4 is 29.2 Å². The van der Waals surface area contributed by atoms with Crippen LogP contribution in [0.4, 0.5) is 11.4 Å². The molecule has 2 aliphatic rings. The van der Waals surface area contributed by atoms with Gasteiger partial charge in [0, 0.05) is 24.8 Å². The molecule has 0 aromatic heterocycles. The van der Waals surface area contributed by atoms with Crippen molar-refractivity contribution in [2.75, 3.05) is 30.4 Å². The first-order valence-electron chi connectivity index (χ1n) is 10.3. The molecule has 0 bridgehead atoms. The van der Waals surface area contributed by atoms with E-state index in [1.165, 1.54) is 0 Å². The summed E-state index contributed by atoms with van der Waals surface area (Å²) in [6, 6.07) is 11.8. The van der Waals surface area contributed by atoms with Gasteiger partial charge in [-0.15, -0.1) is 0 Å². The number of hydrogen-bond donors (Lipinski definition) is 1. The molecule has 30 heavy (non-hydrogen) atoms. The molecule has 2 aromatic carbocycles. The van der Waals surface area contributed by atoms with Crippen molar-refractivity contribution in [2.45, 2.75) is 32.4 Å². The van der Waals surface area contributed by atoms with E-state index in [0.717, 1.165) is 31.5 Å². The van der Waals surface area contributed by atoms with Crippen molar-refractivity contribution < 1.29 is 19.1 Å². The zero-order valence-corrected chi connectivity index (χ0v) is 17.2. The number of esters is 1. The van der Waals surface area contributed by atoms with E-state index >= 15 is 0 Å². The van der Waals surface area contributed by atoms with Gasteiger partial charge in [-0.1, -0.05) is 0 Å². The van der Waals surface area contributed by atoms with Crippen LogP contribution in [-0.4, -0.2) is 49.0 Å². The highest BCUT2D eigenvalue weighted by atomic mass is 16.5. The van der Waals surface area contributed by atoms with E-state index in [2.05, 4.69) is 10.2 Å². The fourth-order valence-corrected chi connectivity index (χ4v) is 4.12. The topological polar surface area (TPSA) is 79.0 Å². The zero-order chi connectivity index (χ0) is 21.3. The minimum atomic E-state index is -0.394. The Balaban J connectivity index is 1.53. The molecule has 1 saturated heterocycles. The molecule has 2 heterocycles. The number of carbonyl (C=O) groups excluding carboxylic acids is 3. The molecule has 1 atom stereocenters. The summed E-state index contributed by atoms with van der Waals surface area (Å²) in [5.41, 5.74) is 2.90. The number of fused-ring (bicyclic) bond motifs is 2. The lowest BCUT2D eigenvalue weighted by atomic mass is 9.97. The minimum Gasteiger partial charge on any atom is -0.462 e. The number of ether oxygens (including phenoxy) is 1. The highest BCUT2D eigenvalue weighted by Crippen LogP contribution is 2.34. The molecule has 0 aliphatic carbocycles. The van der Waals surface area contributed by atoms with Gasteiger partial charge >= 0.3 is 5.97 Å². The first kappa shape index (κ1) is 19.9. The summed E-state index contributed by atoms with van der Waals surface area (Å²) >= 11 is 0. The second kappa shape index (κ2) is 8.18. The van der Waals surface area contributed by atoms with Crippen LogP contribution in [0, 0.1) is 0 Å². The van der Waals surface area contributed by atoms with Crippen LogP contribution in [0.3, 0.4) is 0 Å². The van der Waals surface area contributed by atoms with Gasteiger partial charge in [0.25, 0.3) is 11.8 Å². The number of hydrogen-bond acceptors (Lipinski definition) is 5. The van der Waals surface area contributed by atoms with E-state index in [4.69, 9.17) is 4.74 Å². The Morgan fingerprint density at radius 3 is 2.57 bits per heavy atom. The van der Waals surface area contributed by atoms with Crippen LogP contribution in [-0.2, 0) is 4.74 Å². The average molecular weight is 407 g/mol. The SMILES string of the molecule is CCOC(=O)c1ccc(NC(=O)c2ccc3c(c2)N(C)[C@H]2CCCCN2C3=O)cc1. The number of nitrogens with one attached hydrogen (secondary N) is 1. The lowest BCUT2D eigenvalue weighted by molar-refractivity contribution is 0.0525. The van der Waals surface area contributed by atoms with E-state index in [9.17, 15) is 14.4 Å². The molecule has 2 aliphatic heterocycles. The van der Waals surface area contributed by atoms with Crippen LogP contribution in [0.25, 0.3) is 0 Å². The molecule has 0 unspecified atom stereocenters. The number of piperidine rings is 1. The van der Waals surface area contributed by atoms with Crippen LogP contribution in [0.1, 0.15) is 57.3 Å². The summed E-state index contributed by atoms with van der Waals surface area (Å²) in [4.78, 5) is 41.4. The normalized spacial score (nSPS) is 17.8. The van der Waals surface area contributed by atoms with Gasteiger partial charge in [-0.05, 0) is 68.7 Å². The Bertz CT molecular complexity index is 986. The van der Waals surface area contributed by atoms with Gasteiger partial charge in [-0.25, -0.2) is 4.79 Å². The van der Waals surface area contributed by atoms with Crippen molar-refractivity contribution in [1.29, 1.82) is 0 Å². The predicted molar refractivity (Wildman–Crippen MR) is 114 cm³/mol. The molecule has 0 radical (unpaired) electrons. The van der Waals surface area contributed by atoms with Gasteiger partial charge in [-0.2, -0.15) is 0 Å². The van der Waals surface area contributed by atoms with Crippen LogP contribution in [0.15, 0.2) is 42.5 Å². The summed E-state index contributed by atoms with van der Waals surface area (Å²) in [5, 5.41) is 2.84. The molecule has 0 saturated carbocycles. The third-order valence-corrected chi connectivity index (χ3v) is 5.70. The molecule has 4 rings (SSSR count).